The molecule has 5 heteroatoms. The van der Waals surface area contributed by atoms with Gasteiger partial charge in [0.05, 0.1) is 24.4 Å². The van der Waals surface area contributed by atoms with Crippen LogP contribution in [0.2, 0.25) is 0 Å². The average molecular weight is 249 g/mol. The zero-order valence-electron chi connectivity index (χ0n) is 10.8. The maximum Gasteiger partial charge on any atom is 0.317 e. The van der Waals surface area contributed by atoms with Crippen molar-refractivity contribution in [1.82, 2.24) is 15.2 Å². The van der Waals surface area contributed by atoms with Crippen LogP contribution in [0.25, 0.3) is 0 Å². The Labute approximate surface area is 107 Å². The van der Waals surface area contributed by atoms with Crippen molar-refractivity contribution in [3.8, 4) is 0 Å². The number of pyridine rings is 1. The number of hydrogen-bond acceptors (Lipinski definition) is 3. The molecule has 0 saturated carbocycles. The molecule has 0 bridgehead atoms. The van der Waals surface area contributed by atoms with E-state index < -0.39 is 0 Å². The SMILES string of the molecule is CC1CN(C(=O)NCc2ccccn2)CC(C)O1. The number of carbonyl (C=O) groups excluding carboxylic acids is 1. The highest BCUT2D eigenvalue weighted by Gasteiger charge is 2.25. The van der Waals surface area contributed by atoms with Crippen LogP contribution in [0, 0.1) is 0 Å². The Balaban J connectivity index is 1.84. The van der Waals surface area contributed by atoms with Crippen molar-refractivity contribution in [2.75, 3.05) is 13.1 Å². The number of nitrogens with zero attached hydrogens (tertiary/aromatic N) is 2. The molecule has 1 aliphatic heterocycles. The van der Waals surface area contributed by atoms with E-state index in [1.807, 2.05) is 32.0 Å². The van der Waals surface area contributed by atoms with Crippen LogP contribution >= 0.6 is 0 Å². The van der Waals surface area contributed by atoms with E-state index in [9.17, 15) is 4.79 Å². The van der Waals surface area contributed by atoms with Crippen LogP contribution in [0.5, 0.6) is 0 Å². The van der Waals surface area contributed by atoms with Crippen molar-refractivity contribution in [3.05, 3.63) is 30.1 Å². The molecule has 0 radical (unpaired) electrons. The second kappa shape index (κ2) is 5.82. The number of ether oxygens (including phenoxy) is 1. The Kier molecular flexibility index (Phi) is 4.15. The zero-order valence-corrected chi connectivity index (χ0v) is 10.8. The van der Waals surface area contributed by atoms with Gasteiger partial charge in [-0.1, -0.05) is 6.07 Å². The van der Waals surface area contributed by atoms with E-state index >= 15 is 0 Å². The summed E-state index contributed by atoms with van der Waals surface area (Å²) >= 11 is 0. The molecule has 1 fully saturated rings. The first-order chi connectivity index (χ1) is 8.65. The topological polar surface area (TPSA) is 54.5 Å². The third kappa shape index (κ3) is 3.43. The minimum absolute atomic E-state index is 0.0531. The van der Waals surface area contributed by atoms with Gasteiger partial charge in [-0.15, -0.1) is 0 Å². The summed E-state index contributed by atoms with van der Waals surface area (Å²) in [4.78, 5) is 18.0. The molecule has 2 heterocycles. The molecular formula is C13H19N3O2. The molecule has 2 amide bonds. The molecule has 2 atom stereocenters. The predicted octanol–water partition coefficient (Wildman–Crippen LogP) is 1.40. The van der Waals surface area contributed by atoms with E-state index in [0.717, 1.165) is 5.69 Å². The van der Waals surface area contributed by atoms with E-state index in [0.29, 0.717) is 19.6 Å². The lowest BCUT2D eigenvalue weighted by molar-refractivity contribution is -0.0545. The van der Waals surface area contributed by atoms with Crippen LogP contribution in [0.15, 0.2) is 24.4 Å². The van der Waals surface area contributed by atoms with Crippen LogP contribution in [-0.4, -0.2) is 41.2 Å². The van der Waals surface area contributed by atoms with Crippen molar-refractivity contribution in [2.24, 2.45) is 0 Å². The minimum Gasteiger partial charge on any atom is -0.372 e. The van der Waals surface area contributed by atoms with Crippen LogP contribution in [0.3, 0.4) is 0 Å². The van der Waals surface area contributed by atoms with Gasteiger partial charge in [0.2, 0.25) is 0 Å². The third-order valence-corrected chi connectivity index (χ3v) is 2.85. The van der Waals surface area contributed by atoms with Gasteiger partial charge in [-0.05, 0) is 26.0 Å². The molecule has 2 rings (SSSR count). The largest absolute Gasteiger partial charge is 0.372 e. The fraction of sp³-hybridized carbons (Fsp3) is 0.538. The van der Waals surface area contributed by atoms with Crippen molar-refractivity contribution in [2.45, 2.75) is 32.6 Å². The van der Waals surface area contributed by atoms with E-state index in [-0.39, 0.29) is 18.2 Å². The van der Waals surface area contributed by atoms with Crippen LogP contribution in [0.4, 0.5) is 4.79 Å². The second-order valence-electron chi connectivity index (χ2n) is 4.64. The third-order valence-electron chi connectivity index (χ3n) is 2.85. The summed E-state index contributed by atoms with van der Waals surface area (Å²) in [5, 5.41) is 2.88. The lowest BCUT2D eigenvalue weighted by Gasteiger charge is -2.35. The monoisotopic (exact) mass is 249 g/mol. The lowest BCUT2D eigenvalue weighted by Crippen LogP contribution is -2.51. The van der Waals surface area contributed by atoms with Crippen molar-refractivity contribution < 1.29 is 9.53 Å². The van der Waals surface area contributed by atoms with Crippen LogP contribution in [-0.2, 0) is 11.3 Å². The fourth-order valence-electron chi connectivity index (χ4n) is 2.12. The molecule has 1 N–H and O–H groups in total. The van der Waals surface area contributed by atoms with Gasteiger partial charge in [0.1, 0.15) is 0 Å². The summed E-state index contributed by atoms with van der Waals surface area (Å²) < 4.78 is 5.60. The highest BCUT2D eigenvalue weighted by atomic mass is 16.5. The Bertz CT molecular complexity index is 386. The standard InChI is InChI=1S/C13H19N3O2/c1-10-8-16(9-11(2)18-10)13(17)15-7-12-5-3-4-6-14-12/h3-6,10-11H,7-9H2,1-2H3,(H,15,17). The quantitative estimate of drug-likeness (QED) is 0.862. The number of morpholine rings is 1. The molecule has 0 aromatic carbocycles. The Morgan fingerprint density at radius 2 is 2.17 bits per heavy atom. The number of aromatic nitrogens is 1. The predicted molar refractivity (Wildman–Crippen MR) is 68.1 cm³/mol. The van der Waals surface area contributed by atoms with Crippen LogP contribution in [0.1, 0.15) is 19.5 Å². The van der Waals surface area contributed by atoms with Gasteiger partial charge >= 0.3 is 6.03 Å². The number of rotatable bonds is 2. The Morgan fingerprint density at radius 3 is 2.78 bits per heavy atom. The molecule has 1 aliphatic rings. The molecule has 0 spiro atoms. The Hall–Kier alpha value is -1.62. The van der Waals surface area contributed by atoms with E-state index in [1.54, 1.807) is 11.1 Å². The lowest BCUT2D eigenvalue weighted by atomic mass is 10.2. The van der Waals surface area contributed by atoms with Crippen LogP contribution < -0.4 is 5.32 Å². The first kappa shape index (κ1) is 12.8. The number of nitrogens with one attached hydrogen (secondary N) is 1. The molecular weight excluding hydrogens is 230 g/mol. The fourth-order valence-corrected chi connectivity index (χ4v) is 2.12. The van der Waals surface area contributed by atoms with Gasteiger partial charge < -0.3 is 15.0 Å². The number of urea groups is 1. The smallest absolute Gasteiger partial charge is 0.317 e. The normalized spacial score (nSPS) is 23.8. The highest BCUT2D eigenvalue weighted by molar-refractivity contribution is 5.74. The van der Waals surface area contributed by atoms with Crippen molar-refractivity contribution >= 4 is 6.03 Å². The van der Waals surface area contributed by atoms with Gasteiger partial charge in [-0.25, -0.2) is 4.79 Å². The first-order valence-electron chi connectivity index (χ1n) is 6.23. The van der Waals surface area contributed by atoms with Gasteiger partial charge in [-0.3, -0.25) is 4.98 Å². The van der Waals surface area contributed by atoms with Gasteiger partial charge in [-0.2, -0.15) is 0 Å². The molecule has 1 saturated heterocycles. The highest BCUT2D eigenvalue weighted by Crippen LogP contribution is 2.10. The number of carbonyl (C=O) groups is 1. The van der Waals surface area contributed by atoms with Gasteiger partial charge in [0, 0.05) is 19.3 Å². The molecule has 5 nitrogen and oxygen atoms in total. The molecule has 1 aromatic heterocycles. The maximum atomic E-state index is 12.0. The summed E-state index contributed by atoms with van der Waals surface area (Å²) in [5.41, 5.74) is 0.861. The van der Waals surface area contributed by atoms with Crippen molar-refractivity contribution in [3.63, 3.8) is 0 Å². The summed E-state index contributed by atoms with van der Waals surface area (Å²) in [7, 11) is 0. The Morgan fingerprint density at radius 1 is 1.44 bits per heavy atom. The molecule has 18 heavy (non-hydrogen) atoms. The van der Waals surface area contributed by atoms with Gasteiger partial charge in [0.15, 0.2) is 0 Å². The summed E-state index contributed by atoms with van der Waals surface area (Å²) in [6.07, 6.45) is 1.91. The van der Waals surface area contributed by atoms with Gasteiger partial charge in [0.25, 0.3) is 0 Å². The maximum absolute atomic E-state index is 12.0. The summed E-state index contributed by atoms with van der Waals surface area (Å²) in [5.74, 6) is 0. The molecule has 1 aromatic rings. The van der Waals surface area contributed by atoms with Crippen molar-refractivity contribution in [1.29, 1.82) is 0 Å². The molecule has 2 unspecified atom stereocenters. The second-order valence-corrected chi connectivity index (χ2v) is 4.64. The number of hydrogen-bond donors (Lipinski definition) is 1. The molecule has 0 aliphatic carbocycles. The van der Waals surface area contributed by atoms with E-state index in [1.165, 1.54) is 0 Å². The summed E-state index contributed by atoms with van der Waals surface area (Å²) in [6.45, 7) is 5.69. The zero-order chi connectivity index (χ0) is 13.0. The van der Waals surface area contributed by atoms with E-state index in [4.69, 9.17) is 4.74 Å². The average Bonchev–Trinajstić information content (AvgIpc) is 2.36. The minimum atomic E-state index is -0.0531. The molecule has 98 valence electrons. The first-order valence-corrected chi connectivity index (χ1v) is 6.23. The number of amides is 2. The summed E-state index contributed by atoms with van der Waals surface area (Å²) in [6, 6.07) is 5.61. The van der Waals surface area contributed by atoms with E-state index in [2.05, 4.69) is 10.3 Å².